The summed E-state index contributed by atoms with van der Waals surface area (Å²) in [5.41, 5.74) is 3.89. The first kappa shape index (κ1) is 12.8. The molecule has 0 spiro atoms. The third kappa shape index (κ3) is 2.98. The molecule has 2 heterocycles. The number of hydrogen-bond donors (Lipinski definition) is 2. The van der Waals surface area contributed by atoms with Gasteiger partial charge in [-0.1, -0.05) is 6.92 Å². The molecule has 1 unspecified atom stereocenters. The second-order valence-corrected chi connectivity index (χ2v) is 5.77. The summed E-state index contributed by atoms with van der Waals surface area (Å²) in [6, 6.07) is 6.36. The number of furan rings is 1. The van der Waals surface area contributed by atoms with Gasteiger partial charge in [0.05, 0.1) is 12.3 Å². The molecule has 0 amide bonds. The minimum Gasteiger partial charge on any atom is -0.457 e. The maximum Gasteiger partial charge on any atom is 0.173 e. The first-order valence-corrected chi connectivity index (χ1v) is 7.12. The van der Waals surface area contributed by atoms with Gasteiger partial charge in [0.15, 0.2) is 4.67 Å². The quantitative estimate of drug-likeness (QED) is 0.657. The summed E-state index contributed by atoms with van der Waals surface area (Å²) >= 11 is 5.22. The molecule has 5 heteroatoms. The first-order valence-electron chi connectivity index (χ1n) is 5.51. The van der Waals surface area contributed by atoms with E-state index in [0.29, 0.717) is 0 Å². The Morgan fingerprint density at radius 3 is 2.71 bits per heavy atom. The SMILES string of the molecule is CCc1ccc(CC(NN)c2ccoc2Br)s1. The smallest absolute Gasteiger partial charge is 0.173 e. The zero-order chi connectivity index (χ0) is 12.3. The minimum absolute atomic E-state index is 0.0754. The van der Waals surface area contributed by atoms with Crippen LogP contribution in [0.1, 0.15) is 28.3 Å². The van der Waals surface area contributed by atoms with Gasteiger partial charge in [-0.25, -0.2) is 0 Å². The molecule has 0 aliphatic rings. The summed E-state index contributed by atoms with van der Waals surface area (Å²) in [6.45, 7) is 2.17. The average molecular weight is 315 g/mol. The molecule has 17 heavy (non-hydrogen) atoms. The van der Waals surface area contributed by atoms with E-state index < -0.39 is 0 Å². The predicted molar refractivity (Wildman–Crippen MR) is 73.9 cm³/mol. The standard InChI is InChI=1S/C12H15BrN2OS/c1-2-8-3-4-9(17-8)7-11(15-14)10-5-6-16-12(10)13/h3-6,11,15H,2,7,14H2,1H3. The molecule has 3 N–H and O–H groups in total. The highest BCUT2D eigenvalue weighted by Gasteiger charge is 2.16. The van der Waals surface area contributed by atoms with Gasteiger partial charge in [0.1, 0.15) is 0 Å². The highest BCUT2D eigenvalue weighted by atomic mass is 79.9. The number of nitrogens with one attached hydrogen (secondary N) is 1. The lowest BCUT2D eigenvalue weighted by atomic mass is 10.1. The lowest BCUT2D eigenvalue weighted by Crippen LogP contribution is -2.29. The summed E-state index contributed by atoms with van der Waals surface area (Å²) in [4.78, 5) is 2.74. The molecule has 2 rings (SSSR count). The van der Waals surface area contributed by atoms with Crippen molar-refractivity contribution in [2.75, 3.05) is 0 Å². The van der Waals surface area contributed by atoms with Crippen molar-refractivity contribution in [3.63, 3.8) is 0 Å². The van der Waals surface area contributed by atoms with Crippen LogP contribution in [0.4, 0.5) is 0 Å². The van der Waals surface area contributed by atoms with Crippen LogP contribution in [0.5, 0.6) is 0 Å². The fraction of sp³-hybridized carbons (Fsp3) is 0.333. The molecular weight excluding hydrogens is 300 g/mol. The van der Waals surface area contributed by atoms with Crippen molar-refractivity contribution in [1.29, 1.82) is 0 Å². The first-order chi connectivity index (χ1) is 8.24. The monoisotopic (exact) mass is 314 g/mol. The van der Waals surface area contributed by atoms with E-state index in [2.05, 4.69) is 40.4 Å². The van der Waals surface area contributed by atoms with E-state index in [1.165, 1.54) is 9.75 Å². The van der Waals surface area contributed by atoms with E-state index >= 15 is 0 Å². The van der Waals surface area contributed by atoms with Crippen LogP contribution in [0.2, 0.25) is 0 Å². The normalized spacial score (nSPS) is 12.9. The van der Waals surface area contributed by atoms with Crippen LogP contribution in [0, 0.1) is 0 Å². The molecule has 1 atom stereocenters. The zero-order valence-corrected chi connectivity index (χ0v) is 12.0. The summed E-state index contributed by atoms with van der Waals surface area (Å²) in [6.07, 6.45) is 3.62. The van der Waals surface area contributed by atoms with Crippen LogP contribution >= 0.6 is 27.3 Å². The van der Waals surface area contributed by atoms with Gasteiger partial charge in [0, 0.05) is 21.7 Å². The molecule has 2 aromatic rings. The van der Waals surface area contributed by atoms with Gasteiger partial charge in [0.25, 0.3) is 0 Å². The number of rotatable bonds is 5. The number of halogens is 1. The lowest BCUT2D eigenvalue weighted by Gasteiger charge is -2.13. The van der Waals surface area contributed by atoms with Gasteiger partial charge < -0.3 is 4.42 Å². The highest BCUT2D eigenvalue weighted by Crippen LogP contribution is 2.28. The van der Waals surface area contributed by atoms with Crippen LogP contribution in [0.25, 0.3) is 0 Å². The third-order valence-electron chi connectivity index (χ3n) is 2.69. The van der Waals surface area contributed by atoms with Gasteiger partial charge in [-0.15, -0.1) is 11.3 Å². The molecule has 92 valence electrons. The van der Waals surface area contributed by atoms with Crippen LogP contribution in [0.15, 0.2) is 33.5 Å². The Hall–Kier alpha value is -0.620. The molecular formula is C12H15BrN2OS. The van der Waals surface area contributed by atoms with Crippen molar-refractivity contribution < 1.29 is 4.42 Å². The molecule has 0 fully saturated rings. The van der Waals surface area contributed by atoms with Crippen molar-refractivity contribution in [3.8, 4) is 0 Å². The Balaban J connectivity index is 2.12. The highest BCUT2D eigenvalue weighted by molar-refractivity contribution is 9.10. The van der Waals surface area contributed by atoms with E-state index in [-0.39, 0.29) is 6.04 Å². The molecule has 0 aromatic carbocycles. The maximum atomic E-state index is 5.61. The Kier molecular flexibility index (Phi) is 4.39. The van der Waals surface area contributed by atoms with Crippen LogP contribution in [-0.4, -0.2) is 0 Å². The molecule has 0 radical (unpaired) electrons. The van der Waals surface area contributed by atoms with Gasteiger partial charge in [-0.3, -0.25) is 11.3 Å². The molecule has 3 nitrogen and oxygen atoms in total. The molecule has 0 saturated carbocycles. The zero-order valence-electron chi connectivity index (χ0n) is 9.57. The predicted octanol–water partition coefficient (Wildman–Crippen LogP) is 3.41. The number of aryl methyl sites for hydroxylation is 1. The molecule has 0 aliphatic carbocycles. The van der Waals surface area contributed by atoms with Crippen LogP contribution in [-0.2, 0) is 12.8 Å². The topological polar surface area (TPSA) is 51.2 Å². The van der Waals surface area contributed by atoms with E-state index in [4.69, 9.17) is 10.3 Å². The van der Waals surface area contributed by atoms with Crippen LogP contribution in [0.3, 0.4) is 0 Å². The Morgan fingerprint density at radius 2 is 2.18 bits per heavy atom. The van der Waals surface area contributed by atoms with Gasteiger partial charge in [-0.2, -0.15) is 0 Å². The molecule has 0 aliphatic heterocycles. The summed E-state index contributed by atoms with van der Waals surface area (Å²) < 4.78 is 5.98. The van der Waals surface area contributed by atoms with Crippen molar-refractivity contribution >= 4 is 27.3 Å². The van der Waals surface area contributed by atoms with E-state index in [0.717, 1.165) is 23.1 Å². The minimum atomic E-state index is 0.0754. The molecule has 0 saturated heterocycles. The number of hydrazine groups is 1. The summed E-state index contributed by atoms with van der Waals surface area (Å²) in [5.74, 6) is 5.61. The van der Waals surface area contributed by atoms with Crippen molar-refractivity contribution in [2.24, 2.45) is 5.84 Å². The Labute approximate surface area is 113 Å². The van der Waals surface area contributed by atoms with Gasteiger partial charge in [0.2, 0.25) is 0 Å². The number of hydrogen-bond acceptors (Lipinski definition) is 4. The number of thiophene rings is 1. The maximum absolute atomic E-state index is 5.61. The third-order valence-corrected chi connectivity index (χ3v) is 4.59. The van der Waals surface area contributed by atoms with Gasteiger partial charge >= 0.3 is 0 Å². The average Bonchev–Trinajstić information content (AvgIpc) is 2.95. The lowest BCUT2D eigenvalue weighted by molar-refractivity contribution is 0.508. The fourth-order valence-corrected chi connectivity index (χ4v) is 3.26. The van der Waals surface area contributed by atoms with Crippen molar-refractivity contribution in [1.82, 2.24) is 5.43 Å². The van der Waals surface area contributed by atoms with Crippen molar-refractivity contribution in [3.05, 3.63) is 44.4 Å². The van der Waals surface area contributed by atoms with Gasteiger partial charge in [-0.05, 0) is 40.5 Å². The second kappa shape index (κ2) is 5.82. The molecule has 2 aromatic heterocycles. The summed E-state index contributed by atoms with van der Waals surface area (Å²) in [7, 11) is 0. The fourth-order valence-electron chi connectivity index (χ4n) is 1.74. The molecule has 0 bridgehead atoms. The van der Waals surface area contributed by atoms with Crippen LogP contribution < -0.4 is 11.3 Å². The summed E-state index contributed by atoms with van der Waals surface area (Å²) in [5, 5.41) is 0. The number of nitrogens with two attached hydrogens (primary N) is 1. The largest absolute Gasteiger partial charge is 0.457 e. The second-order valence-electron chi connectivity index (χ2n) is 3.79. The van der Waals surface area contributed by atoms with E-state index in [9.17, 15) is 0 Å². The Morgan fingerprint density at radius 1 is 1.41 bits per heavy atom. The van der Waals surface area contributed by atoms with E-state index in [1.54, 1.807) is 6.26 Å². The van der Waals surface area contributed by atoms with Crippen molar-refractivity contribution in [2.45, 2.75) is 25.8 Å². The Bertz CT molecular complexity index is 480. The van der Waals surface area contributed by atoms with E-state index in [1.807, 2.05) is 17.4 Å².